The quantitative estimate of drug-likeness (QED) is 0.923. The first-order valence-corrected chi connectivity index (χ1v) is 6.47. The van der Waals surface area contributed by atoms with Crippen LogP contribution in [0.1, 0.15) is 11.6 Å². The molecule has 1 N–H and O–H groups in total. The molecule has 1 heterocycles. The minimum atomic E-state index is -0.454. The van der Waals surface area contributed by atoms with Crippen molar-refractivity contribution in [3.05, 3.63) is 34.1 Å². The standard InChI is InChI=1S/C12H15BrF2N2/c13-11-7-9(15)1-2-10(11)12(8-14)17-5-3-16-4-6-17/h1-2,7,12,16H,3-6,8H2/t12-/m0/s1. The molecule has 0 aromatic heterocycles. The van der Waals surface area contributed by atoms with Gasteiger partial charge in [0.05, 0.1) is 6.04 Å². The molecule has 1 aliphatic heterocycles. The molecule has 2 nitrogen and oxygen atoms in total. The van der Waals surface area contributed by atoms with Crippen molar-refractivity contribution in [3.8, 4) is 0 Å². The minimum absolute atomic E-state index is 0.285. The van der Waals surface area contributed by atoms with Gasteiger partial charge in [-0.05, 0) is 17.7 Å². The summed E-state index contributed by atoms with van der Waals surface area (Å²) >= 11 is 3.31. The molecule has 0 amide bonds. The van der Waals surface area contributed by atoms with Gasteiger partial charge in [0.2, 0.25) is 0 Å². The third kappa shape index (κ3) is 3.03. The van der Waals surface area contributed by atoms with Crippen LogP contribution in [0.25, 0.3) is 0 Å². The smallest absolute Gasteiger partial charge is 0.124 e. The molecule has 0 aliphatic carbocycles. The molecule has 0 bridgehead atoms. The average Bonchev–Trinajstić information content (AvgIpc) is 2.34. The molecule has 1 atom stereocenters. The normalized spacial score (nSPS) is 19.2. The Balaban J connectivity index is 2.21. The van der Waals surface area contributed by atoms with Gasteiger partial charge in [-0.2, -0.15) is 0 Å². The zero-order valence-electron chi connectivity index (χ0n) is 9.43. The van der Waals surface area contributed by atoms with E-state index in [2.05, 4.69) is 26.1 Å². The number of nitrogens with one attached hydrogen (secondary N) is 1. The maximum absolute atomic E-state index is 13.2. The summed E-state index contributed by atoms with van der Waals surface area (Å²) in [4.78, 5) is 2.09. The number of alkyl halides is 1. The van der Waals surface area contributed by atoms with Crippen LogP contribution in [0, 0.1) is 5.82 Å². The molecule has 1 aromatic rings. The van der Waals surface area contributed by atoms with Crippen LogP contribution in [-0.2, 0) is 0 Å². The van der Waals surface area contributed by atoms with Gasteiger partial charge in [0.25, 0.3) is 0 Å². The topological polar surface area (TPSA) is 15.3 Å². The van der Waals surface area contributed by atoms with Crippen molar-refractivity contribution in [2.45, 2.75) is 6.04 Å². The number of halogens is 3. The fourth-order valence-corrected chi connectivity index (χ4v) is 2.76. The summed E-state index contributed by atoms with van der Waals surface area (Å²) in [5.74, 6) is -0.307. The highest BCUT2D eigenvalue weighted by atomic mass is 79.9. The molecule has 0 saturated carbocycles. The summed E-state index contributed by atoms with van der Waals surface area (Å²) in [5.41, 5.74) is 0.816. The molecular weight excluding hydrogens is 290 g/mol. The van der Waals surface area contributed by atoms with Crippen LogP contribution in [0.15, 0.2) is 22.7 Å². The SMILES string of the molecule is FC[C@@H](c1ccc(F)cc1Br)N1CCNCC1. The fourth-order valence-electron chi connectivity index (χ4n) is 2.14. The van der Waals surface area contributed by atoms with Gasteiger partial charge >= 0.3 is 0 Å². The Hall–Kier alpha value is -0.520. The Morgan fingerprint density at radius 1 is 1.35 bits per heavy atom. The number of hydrogen-bond acceptors (Lipinski definition) is 2. The van der Waals surface area contributed by atoms with Crippen molar-refractivity contribution in [2.75, 3.05) is 32.9 Å². The number of benzene rings is 1. The molecule has 1 saturated heterocycles. The van der Waals surface area contributed by atoms with E-state index in [1.54, 1.807) is 6.07 Å². The Morgan fingerprint density at radius 3 is 2.65 bits per heavy atom. The molecule has 5 heteroatoms. The Labute approximate surface area is 108 Å². The van der Waals surface area contributed by atoms with Crippen LogP contribution >= 0.6 is 15.9 Å². The molecule has 1 fully saturated rings. The molecular formula is C12H15BrF2N2. The van der Waals surface area contributed by atoms with E-state index in [9.17, 15) is 8.78 Å². The second-order valence-electron chi connectivity index (χ2n) is 4.12. The van der Waals surface area contributed by atoms with Crippen molar-refractivity contribution < 1.29 is 8.78 Å². The van der Waals surface area contributed by atoms with Crippen LogP contribution in [-0.4, -0.2) is 37.8 Å². The van der Waals surface area contributed by atoms with Gasteiger partial charge in [-0.25, -0.2) is 8.78 Å². The summed E-state index contributed by atoms with van der Waals surface area (Å²) in [7, 11) is 0. The van der Waals surface area contributed by atoms with E-state index in [-0.39, 0.29) is 11.9 Å². The molecule has 0 unspecified atom stereocenters. The summed E-state index contributed by atoms with van der Waals surface area (Å²) in [6.45, 7) is 2.92. The highest BCUT2D eigenvalue weighted by molar-refractivity contribution is 9.10. The first-order valence-electron chi connectivity index (χ1n) is 5.68. The molecule has 0 spiro atoms. The number of piperazine rings is 1. The average molecular weight is 305 g/mol. The van der Waals surface area contributed by atoms with Gasteiger partial charge in [0.1, 0.15) is 12.5 Å². The maximum atomic E-state index is 13.2. The lowest BCUT2D eigenvalue weighted by atomic mass is 10.1. The zero-order chi connectivity index (χ0) is 12.3. The van der Waals surface area contributed by atoms with E-state index >= 15 is 0 Å². The van der Waals surface area contributed by atoms with Crippen LogP contribution in [0.2, 0.25) is 0 Å². The number of hydrogen-bond donors (Lipinski definition) is 1. The summed E-state index contributed by atoms with van der Waals surface area (Å²) in [6.07, 6.45) is 0. The van der Waals surface area contributed by atoms with E-state index in [0.29, 0.717) is 4.47 Å². The van der Waals surface area contributed by atoms with Crippen LogP contribution in [0.3, 0.4) is 0 Å². The fraction of sp³-hybridized carbons (Fsp3) is 0.500. The van der Waals surface area contributed by atoms with Crippen molar-refractivity contribution in [2.24, 2.45) is 0 Å². The van der Waals surface area contributed by atoms with Gasteiger partial charge in [-0.1, -0.05) is 22.0 Å². The molecule has 2 rings (SSSR count). The van der Waals surface area contributed by atoms with Crippen molar-refractivity contribution >= 4 is 15.9 Å². The monoisotopic (exact) mass is 304 g/mol. The molecule has 17 heavy (non-hydrogen) atoms. The molecule has 1 aromatic carbocycles. The van der Waals surface area contributed by atoms with Crippen molar-refractivity contribution in [1.82, 2.24) is 10.2 Å². The molecule has 0 radical (unpaired) electrons. The highest BCUT2D eigenvalue weighted by Crippen LogP contribution is 2.29. The second kappa shape index (κ2) is 5.89. The first kappa shape index (κ1) is 12.9. The lowest BCUT2D eigenvalue weighted by Crippen LogP contribution is -2.45. The van der Waals surface area contributed by atoms with Gasteiger partial charge < -0.3 is 5.32 Å². The maximum Gasteiger partial charge on any atom is 0.124 e. The predicted molar refractivity (Wildman–Crippen MR) is 67.3 cm³/mol. The summed E-state index contributed by atoms with van der Waals surface area (Å²) in [6, 6.07) is 4.14. The number of nitrogens with zero attached hydrogens (tertiary/aromatic N) is 1. The van der Waals surface area contributed by atoms with Gasteiger partial charge in [-0.15, -0.1) is 0 Å². The van der Waals surface area contributed by atoms with E-state index in [0.717, 1.165) is 31.7 Å². The Morgan fingerprint density at radius 2 is 2.06 bits per heavy atom. The third-order valence-electron chi connectivity index (χ3n) is 3.06. The largest absolute Gasteiger partial charge is 0.314 e. The lowest BCUT2D eigenvalue weighted by Gasteiger charge is -2.34. The second-order valence-corrected chi connectivity index (χ2v) is 4.98. The van der Waals surface area contributed by atoms with Crippen molar-refractivity contribution in [1.29, 1.82) is 0 Å². The lowest BCUT2D eigenvalue weighted by molar-refractivity contribution is 0.147. The van der Waals surface area contributed by atoms with Crippen molar-refractivity contribution in [3.63, 3.8) is 0 Å². The van der Waals surface area contributed by atoms with E-state index < -0.39 is 6.67 Å². The Bertz CT molecular complexity index is 381. The minimum Gasteiger partial charge on any atom is -0.314 e. The number of rotatable bonds is 3. The Kier molecular flexibility index (Phi) is 4.48. The summed E-state index contributed by atoms with van der Waals surface area (Å²) < 4.78 is 26.9. The highest BCUT2D eigenvalue weighted by Gasteiger charge is 2.23. The van der Waals surface area contributed by atoms with Crippen LogP contribution in [0.4, 0.5) is 8.78 Å². The van der Waals surface area contributed by atoms with E-state index in [1.807, 2.05) is 0 Å². The van der Waals surface area contributed by atoms with Gasteiger partial charge in [0, 0.05) is 30.7 Å². The van der Waals surface area contributed by atoms with Gasteiger partial charge in [0.15, 0.2) is 0 Å². The predicted octanol–water partition coefficient (Wildman–Crippen LogP) is 2.50. The van der Waals surface area contributed by atoms with Gasteiger partial charge in [-0.3, -0.25) is 4.90 Å². The van der Waals surface area contributed by atoms with E-state index in [1.165, 1.54) is 12.1 Å². The molecule has 1 aliphatic rings. The third-order valence-corrected chi connectivity index (χ3v) is 3.75. The molecule has 94 valence electrons. The van der Waals surface area contributed by atoms with Crippen LogP contribution in [0.5, 0.6) is 0 Å². The van der Waals surface area contributed by atoms with E-state index in [4.69, 9.17) is 0 Å². The first-order chi connectivity index (χ1) is 8.22. The zero-order valence-corrected chi connectivity index (χ0v) is 11.0. The summed E-state index contributed by atoms with van der Waals surface area (Å²) in [5, 5.41) is 3.23. The van der Waals surface area contributed by atoms with Crippen LogP contribution < -0.4 is 5.32 Å².